The Morgan fingerprint density at radius 3 is 2.61 bits per heavy atom. The van der Waals surface area contributed by atoms with E-state index in [-0.39, 0.29) is 35.8 Å². The summed E-state index contributed by atoms with van der Waals surface area (Å²) in [4.78, 5) is 19.9. The lowest BCUT2D eigenvalue weighted by atomic mass is 9.63. The van der Waals surface area contributed by atoms with E-state index in [1.54, 1.807) is 11.3 Å². The van der Waals surface area contributed by atoms with Gasteiger partial charge in [0, 0.05) is 43.0 Å². The molecule has 2 aromatic rings. The molecule has 4 nitrogen and oxygen atoms in total. The molecule has 1 aliphatic carbocycles. The minimum absolute atomic E-state index is 0. The van der Waals surface area contributed by atoms with E-state index < -0.39 is 0 Å². The molecule has 1 fully saturated rings. The summed E-state index contributed by atoms with van der Waals surface area (Å²) in [5, 5.41) is 12.2. The van der Waals surface area contributed by atoms with Crippen LogP contribution in [0.5, 0.6) is 0 Å². The van der Waals surface area contributed by atoms with Crippen LogP contribution in [0.3, 0.4) is 0 Å². The van der Waals surface area contributed by atoms with Crippen molar-refractivity contribution < 1.29 is 9.90 Å². The van der Waals surface area contributed by atoms with Crippen LogP contribution in [0.15, 0.2) is 23.6 Å². The molecule has 0 radical (unpaired) electrons. The summed E-state index contributed by atoms with van der Waals surface area (Å²) in [6.45, 7) is 11.4. The molecule has 1 saturated heterocycles. The first-order valence-corrected chi connectivity index (χ1v) is 13.1. The van der Waals surface area contributed by atoms with E-state index in [1.807, 2.05) is 0 Å². The highest BCUT2D eigenvalue weighted by molar-refractivity contribution is 7.14. The number of anilines is 1. The van der Waals surface area contributed by atoms with Gasteiger partial charge >= 0.3 is 0 Å². The molecule has 1 aromatic heterocycles. The van der Waals surface area contributed by atoms with E-state index >= 15 is 0 Å². The van der Waals surface area contributed by atoms with Crippen LogP contribution in [0.4, 0.5) is 5.13 Å². The number of hydrogen-bond acceptors (Lipinski definition) is 5. The molecule has 1 aromatic carbocycles. The van der Waals surface area contributed by atoms with Gasteiger partial charge in [0.1, 0.15) is 5.78 Å². The third kappa shape index (κ3) is 5.63. The number of aromatic nitrogens is 1. The third-order valence-corrected chi connectivity index (χ3v) is 8.52. The van der Waals surface area contributed by atoms with Crippen molar-refractivity contribution in [1.82, 2.24) is 4.98 Å². The van der Waals surface area contributed by atoms with Crippen LogP contribution in [0.1, 0.15) is 83.8 Å². The smallest absolute Gasteiger partial charge is 0.185 e. The van der Waals surface area contributed by atoms with Gasteiger partial charge in [-0.05, 0) is 66.5 Å². The standard InChI is InChI=1S/C27H38N2O2S.ClH/c1-26(2)12-13-27(3,4)22-16-19(10-11-21(22)26)23-18-32-25(28-23)29-14-7-8-20(17-29)24(31)9-5-6-15-30;/h10-11,16,18,20,30H,5-9,12-15,17H2,1-4H3;1H. The van der Waals surface area contributed by atoms with Crippen LogP contribution in [-0.4, -0.2) is 35.6 Å². The summed E-state index contributed by atoms with van der Waals surface area (Å²) in [5.74, 6) is 0.445. The van der Waals surface area contributed by atoms with E-state index in [9.17, 15) is 4.79 Å². The fourth-order valence-corrected chi connectivity index (χ4v) is 6.19. The van der Waals surface area contributed by atoms with Gasteiger partial charge in [-0.3, -0.25) is 4.79 Å². The van der Waals surface area contributed by atoms with Crippen molar-refractivity contribution in [2.45, 2.75) is 83.5 Å². The first-order valence-electron chi connectivity index (χ1n) is 12.2. The highest BCUT2D eigenvalue weighted by Gasteiger charge is 2.37. The molecule has 2 aliphatic rings. The van der Waals surface area contributed by atoms with Gasteiger partial charge in [-0.25, -0.2) is 4.98 Å². The number of thiazole rings is 1. The first-order chi connectivity index (χ1) is 15.2. The maximum absolute atomic E-state index is 12.6. The number of Topliss-reactive ketones (excluding diaryl/α,β-unsaturated/α-hetero) is 1. The molecule has 0 bridgehead atoms. The number of rotatable bonds is 7. The van der Waals surface area contributed by atoms with Gasteiger partial charge in [-0.2, -0.15) is 0 Å². The lowest BCUT2D eigenvalue weighted by molar-refractivity contribution is -0.123. The Kier molecular flexibility index (Phi) is 8.29. The topological polar surface area (TPSA) is 53.4 Å². The number of nitrogens with zero attached hydrogens (tertiary/aromatic N) is 2. The second kappa shape index (κ2) is 10.5. The Bertz CT molecular complexity index is 969. The number of unbranched alkanes of at least 4 members (excludes halogenated alkanes) is 1. The average molecular weight is 491 g/mol. The maximum atomic E-state index is 12.6. The molecule has 6 heteroatoms. The number of benzene rings is 1. The maximum Gasteiger partial charge on any atom is 0.185 e. The molecule has 0 spiro atoms. The molecule has 2 heterocycles. The number of carbonyl (C=O) groups is 1. The second-order valence-corrected chi connectivity index (χ2v) is 11.8. The molecule has 1 atom stereocenters. The first kappa shape index (κ1) is 26.2. The number of aliphatic hydroxyl groups excluding tert-OH is 1. The van der Waals surface area contributed by atoms with Crippen LogP contribution in [0.2, 0.25) is 0 Å². The van der Waals surface area contributed by atoms with E-state index in [0.29, 0.717) is 18.6 Å². The van der Waals surface area contributed by atoms with Gasteiger partial charge in [-0.1, -0.05) is 39.8 Å². The van der Waals surface area contributed by atoms with Crippen molar-refractivity contribution in [2.24, 2.45) is 5.92 Å². The summed E-state index contributed by atoms with van der Waals surface area (Å²) in [6.07, 6.45) is 6.53. The van der Waals surface area contributed by atoms with Gasteiger partial charge in [0.2, 0.25) is 0 Å². The molecular weight excluding hydrogens is 452 g/mol. The molecule has 0 amide bonds. The van der Waals surface area contributed by atoms with E-state index in [4.69, 9.17) is 10.1 Å². The average Bonchev–Trinajstić information content (AvgIpc) is 3.27. The van der Waals surface area contributed by atoms with Gasteiger partial charge in [0.25, 0.3) is 0 Å². The van der Waals surface area contributed by atoms with Crippen molar-refractivity contribution in [1.29, 1.82) is 0 Å². The highest BCUT2D eigenvalue weighted by Crippen LogP contribution is 2.47. The van der Waals surface area contributed by atoms with Gasteiger partial charge in [0.15, 0.2) is 5.13 Å². The number of hydrogen-bond donors (Lipinski definition) is 1. The predicted molar refractivity (Wildman–Crippen MR) is 141 cm³/mol. The number of carbonyl (C=O) groups excluding carboxylic acids is 1. The van der Waals surface area contributed by atoms with E-state index in [0.717, 1.165) is 43.2 Å². The quantitative estimate of drug-likeness (QED) is 0.448. The van der Waals surface area contributed by atoms with Crippen molar-refractivity contribution >= 4 is 34.7 Å². The summed E-state index contributed by atoms with van der Waals surface area (Å²) in [6, 6.07) is 6.94. The highest BCUT2D eigenvalue weighted by atomic mass is 35.5. The SMILES string of the molecule is CC1(C)CCC(C)(C)c2cc(-c3csc(N4CCCC(C(=O)CCCCO)C4)n3)ccc21.Cl. The molecule has 0 saturated carbocycles. The summed E-state index contributed by atoms with van der Waals surface area (Å²) in [5.41, 5.74) is 5.60. The van der Waals surface area contributed by atoms with Crippen molar-refractivity contribution in [3.8, 4) is 11.3 Å². The Hall–Kier alpha value is -1.43. The Labute approximate surface area is 209 Å². The fourth-order valence-electron chi connectivity index (χ4n) is 5.32. The molecule has 1 aliphatic heterocycles. The molecule has 1 N–H and O–H groups in total. The van der Waals surface area contributed by atoms with Gasteiger partial charge < -0.3 is 10.0 Å². The van der Waals surface area contributed by atoms with Crippen LogP contribution in [-0.2, 0) is 15.6 Å². The van der Waals surface area contributed by atoms with Crippen molar-refractivity contribution in [3.05, 3.63) is 34.7 Å². The summed E-state index contributed by atoms with van der Waals surface area (Å²) >= 11 is 1.69. The van der Waals surface area contributed by atoms with Gasteiger partial charge in [-0.15, -0.1) is 23.7 Å². The molecule has 1 unspecified atom stereocenters. The summed E-state index contributed by atoms with van der Waals surface area (Å²) < 4.78 is 0. The Morgan fingerprint density at radius 1 is 1.15 bits per heavy atom. The predicted octanol–water partition coefficient (Wildman–Crippen LogP) is 6.53. The minimum Gasteiger partial charge on any atom is -0.396 e. The van der Waals surface area contributed by atoms with Crippen LogP contribution in [0.25, 0.3) is 11.3 Å². The fraction of sp³-hybridized carbons (Fsp3) is 0.630. The van der Waals surface area contributed by atoms with Crippen molar-refractivity contribution in [3.63, 3.8) is 0 Å². The minimum atomic E-state index is 0. The number of aliphatic hydroxyl groups is 1. The lowest BCUT2D eigenvalue weighted by Gasteiger charge is -2.42. The van der Waals surface area contributed by atoms with Crippen LogP contribution >= 0.6 is 23.7 Å². The monoisotopic (exact) mass is 490 g/mol. The second-order valence-electron chi connectivity index (χ2n) is 11.0. The van der Waals surface area contributed by atoms with Crippen LogP contribution in [0, 0.1) is 5.92 Å². The van der Waals surface area contributed by atoms with Gasteiger partial charge in [0.05, 0.1) is 5.69 Å². The zero-order valence-electron chi connectivity index (χ0n) is 20.5. The lowest BCUT2D eigenvalue weighted by Crippen LogP contribution is -2.38. The molecule has 4 rings (SSSR count). The third-order valence-electron chi connectivity index (χ3n) is 7.62. The Balaban J connectivity index is 0.00000306. The molecular formula is C27H39ClN2O2S. The Morgan fingerprint density at radius 2 is 1.88 bits per heavy atom. The zero-order chi connectivity index (χ0) is 22.9. The van der Waals surface area contributed by atoms with E-state index in [1.165, 1.54) is 29.5 Å². The normalized spacial score (nSPS) is 21.2. The molecule has 182 valence electrons. The largest absolute Gasteiger partial charge is 0.396 e. The summed E-state index contributed by atoms with van der Waals surface area (Å²) in [7, 11) is 0. The molecule has 33 heavy (non-hydrogen) atoms. The van der Waals surface area contributed by atoms with Crippen molar-refractivity contribution in [2.75, 3.05) is 24.6 Å². The number of fused-ring (bicyclic) bond motifs is 1. The number of ketones is 1. The number of halogens is 1. The number of piperidine rings is 1. The zero-order valence-corrected chi connectivity index (χ0v) is 22.2. The van der Waals surface area contributed by atoms with Crippen LogP contribution < -0.4 is 4.90 Å². The van der Waals surface area contributed by atoms with E-state index in [2.05, 4.69) is 56.2 Å².